The molecule has 3 N–H and O–H groups in total. The maximum absolute atomic E-state index is 12.7. The highest BCUT2D eigenvalue weighted by Crippen LogP contribution is 2.29. The van der Waals surface area contributed by atoms with Crippen LogP contribution in [0.3, 0.4) is 0 Å². The van der Waals surface area contributed by atoms with Crippen LogP contribution in [0, 0.1) is 0 Å². The summed E-state index contributed by atoms with van der Waals surface area (Å²) in [6, 6.07) is 10.5. The molecule has 0 spiro atoms. The fourth-order valence-corrected chi connectivity index (χ4v) is 2.39. The second-order valence-electron chi connectivity index (χ2n) is 7.27. The highest BCUT2D eigenvalue weighted by atomic mass is 19.4. The number of benzene rings is 2. The van der Waals surface area contributed by atoms with Crippen LogP contribution in [-0.2, 0) is 12.7 Å². The lowest BCUT2D eigenvalue weighted by atomic mass is 10.0. The SMILES string of the molecule is CCC(C)(C)NC(=O)c1ccc(NC(=O)NCc2cccc(C(F)(F)F)c2)cc1. The van der Waals surface area contributed by atoms with Crippen LogP contribution in [0.5, 0.6) is 0 Å². The van der Waals surface area contributed by atoms with Gasteiger partial charge in [-0.05, 0) is 62.2 Å². The van der Waals surface area contributed by atoms with E-state index in [-0.39, 0.29) is 18.0 Å². The molecule has 0 atom stereocenters. The van der Waals surface area contributed by atoms with Crippen molar-refractivity contribution in [3.63, 3.8) is 0 Å². The Morgan fingerprint density at radius 3 is 2.24 bits per heavy atom. The number of hydrogen-bond acceptors (Lipinski definition) is 2. The van der Waals surface area contributed by atoms with E-state index in [9.17, 15) is 22.8 Å². The molecule has 156 valence electrons. The van der Waals surface area contributed by atoms with Crippen molar-refractivity contribution in [2.45, 2.75) is 45.5 Å². The molecule has 0 heterocycles. The summed E-state index contributed by atoms with van der Waals surface area (Å²) in [5.74, 6) is -0.211. The lowest BCUT2D eigenvalue weighted by molar-refractivity contribution is -0.137. The zero-order valence-corrected chi connectivity index (χ0v) is 16.5. The molecule has 0 radical (unpaired) electrons. The van der Waals surface area contributed by atoms with Gasteiger partial charge in [0.15, 0.2) is 0 Å². The number of rotatable bonds is 6. The van der Waals surface area contributed by atoms with Crippen LogP contribution in [0.4, 0.5) is 23.7 Å². The number of nitrogens with one attached hydrogen (secondary N) is 3. The van der Waals surface area contributed by atoms with Gasteiger partial charge in [0.25, 0.3) is 5.91 Å². The number of amides is 3. The van der Waals surface area contributed by atoms with Gasteiger partial charge in [0, 0.05) is 23.3 Å². The summed E-state index contributed by atoms with van der Waals surface area (Å²) in [5, 5.41) is 8.00. The van der Waals surface area contributed by atoms with Crippen molar-refractivity contribution in [2.75, 3.05) is 5.32 Å². The van der Waals surface area contributed by atoms with Crippen LogP contribution in [0.25, 0.3) is 0 Å². The number of carbonyl (C=O) groups excluding carboxylic acids is 2. The molecule has 8 heteroatoms. The minimum Gasteiger partial charge on any atom is -0.347 e. The minimum absolute atomic E-state index is 0.0532. The van der Waals surface area contributed by atoms with Crippen molar-refractivity contribution in [3.05, 3.63) is 65.2 Å². The highest BCUT2D eigenvalue weighted by molar-refractivity contribution is 5.95. The van der Waals surface area contributed by atoms with Crippen molar-refractivity contribution in [1.82, 2.24) is 10.6 Å². The van der Waals surface area contributed by atoms with Gasteiger partial charge in [-0.3, -0.25) is 4.79 Å². The van der Waals surface area contributed by atoms with Gasteiger partial charge in [-0.15, -0.1) is 0 Å². The van der Waals surface area contributed by atoms with E-state index in [1.54, 1.807) is 24.3 Å². The van der Waals surface area contributed by atoms with Gasteiger partial charge in [0.2, 0.25) is 0 Å². The van der Waals surface area contributed by atoms with E-state index < -0.39 is 17.8 Å². The van der Waals surface area contributed by atoms with E-state index in [0.29, 0.717) is 16.8 Å². The summed E-state index contributed by atoms with van der Waals surface area (Å²) in [6.45, 7) is 5.78. The molecule has 3 amide bonds. The first kappa shape index (κ1) is 22.3. The minimum atomic E-state index is -4.43. The summed E-state index contributed by atoms with van der Waals surface area (Å²) in [6.07, 6.45) is -3.65. The third-order valence-electron chi connectivity index (χ3n) is 4.45. The maximum atomic E-state index is 12.7. The Morgan fingerprint density at radius 2 is 1.66 bits per heavy atom. The van der Waals surface area contributed by atoms with Crippen LogP contribution in [0.1, 0.15) is 48.7 Å². The molecule has 0 aliphatic rings. The Hall–Kier alpha value is -3.03. The molecule has 0 aliphatic carbocycles. The van der Waals surface area contributed by atoms with E-state index in [1.807, 2.05) is 20.8 Å². The van der Waals surface area contributed by atoms with Gasteiger partial charge < -0.3 is 16.0 Å². The molecule has 5 nitrogen and oxygen atoms in total. The lowest BCUT2D eigenvalue weighted by Crippen LogP contribution is -2.42. The largest absolute Gasteiger partial charge is 0.416 e. The first-order valence-electron chi connectivity index (χ1n) is 9.14. The number of urea groups is 1. The monoisotopic (exact) mass is 407 g/mol. The Labute approximate surface area is 167 Å². The van der Waals surface area contributed by atoms with Crippen molar-refractivity contribution in [3.8, 4) is 0 Å². The molecule has 29 heavy (non-hydrogen) atoms. The molecule has 0 fully saturated rings. The zero-order chi connectivity index (χ0) is 21.7. The van der Waals surface area contributed by atoms with E-state index in [2.05, 4.69) is 16.0 Å². The first-order chi connectivity index (χ1) is 13.5. The maximum Gasteiger partial charge on any atom is 0.416 e. The average molecular weight is 407 g/mol. The standard InChI is InChI=1S/C21H24F3N3O2/c1-4-20(2,3)27-18(28)15-8-10-17(11-9-15)26-19(29)25-13-14-6-5-7-16(12-14)21(22,23)24/h5-12H,4,13H2,1-3H3,(H,27,28)(H2,25,26,29). The normalized spacial score (nSPS) is 11.7. The number of alkyl halides is 3. The predicted octanol–water partition coefficient (Wildman–Crippen LogP) is 4.95. The average Bonchev–Trinajstić information content (AvgIpc) is 2.66. The third-order valence-corrected chi connectivity index (χ3v) is 4.45. The van der Waals surface area contributed by atoms with Gasteiger partial charge in [-0.25, -0.2) is 4.79 Å². The van der Waals surface area contributed by atoms with E-state index in [0.717, 1.165) is 18.6 Å². The topological polar surface area (TPSA) is 70.2 Å². The van der Waals surface area contributed by atoms with Crippen molar-refractivity contribution in [2.24, 2.45) is 0 Å². The van der Waals surface area contributed by atoms with Crippen molar-refractivity contribution in [1.29, 1.82) is 0 Å². The smallest absolute Gasteiger partial charge is 0.347 e. The van der Waals surface area contributed by atoms with Gasteiger partial charge in [-0.1, -0.05) is 19.1 Å². The second-order valence-corrected chi connectivity index (χ2v) is 7.27. The molecule has 0 aromatic heterocycles. The van der Waals surface area contributed by atoms with Crippen LogP contribution in [0.15, 0.2) is 48.5 Å². The molecule has 0 saturated carbocycles. The summed E-state index contributed by atoms with van der Waals surface area (Å²) < 4.78 is 38.2. The molecule has 0 aliphatic heterocycles. The fourth-order valence-electron chi connectivity index (χ4n) is 2.39. The van der Waals surface area contributed by atoms with Crippen molar-refractivity contribution >= 4 is 17.6 Å². The van der Waals surface area contributed by atoms with Gasteiger partial charge in [-0.2, -0.15) is 13.2 Å². The van der Waals surface area contributed by atoms with E-state index in [4.69, 9.17) is 0 Å². The summed E-state index contributed by atoms with van der Waals surface area (Å²) in [7, 11) is 0. The van der Waals surface area contributed by atoms with Gasteiger partial charge in [0.1, 0.15) is 0 Å². The Kier molecular flexibility index (Phi) is 6.89. The number of carbonyl (C=O) groups is 2. The summed E-state index contributed by atoms with van der Waals surface area (Å²) in [4.78, 5) is 24.2. The van der Waals surface area contributed by atoms with Crippen LogP contribution < -0.4 is 16.0 Å². The molecule has 0 unspecified atom stereocenters. The predicted molar refractivity (Wildman–Crippen MR) is 106 cm³/mol. The van der Waals surface area contributed by atoms with Crippen LogP contribution in [0.2, 0.25) is 0 Å². The Morgan fingerprint density at radius 1 is 1.00 bits per heavy atom. The second kappa shape index (κ2) is 8.98. The van der Waals surface area contributed by atoms with E-state index in [1.165, 1.54) is 12.1 Å². The zero-order valence-electron chi connectivity index (χ0n) is 16.5. The molecule has 0 bridgehead atoms. The van der Waals surface area contributed by atoms with Crippen LogP contribution >= 0.6 is 0 Å². The van der Waals surface area contributed by atoms with Gasteiger partial charge in [0.05, 0.1) is 5.56 Å². The number of anilines is 1. The molecule has 2 rings (SSSR count). The Balaban J connectivity index is 1.91. The number of halogens is 3. The highest BCUT2D eigenvalue weighted by Gasteiger charge is 2.30. The van der Waals surface area contributed by atoms with Crippen LogP contribution in [-0.4, -0.2) is 17.5 Å². The third kappa shape index (κ3) is 6.81. The Bertz CT molecular complexity index is 862. The first-order valence-corrected chi connectivity index (χ1v) is 9.14. The fraction of sp³-hybridized carbons (Fsp3) is 0.333. The molecule has 2 aromatic carbocycles. The lowest BCUT2D eigenvalue weighted by Gasteiger charge is -2.24. The summed E-state index contributed by atoms with van der Waals surface area (Å²) in [5.41, 5.74) is 0.161. The van der Waals surface area contributed by atoms with Crippen molar-refractivity contribution < 1.29 is 22.8 Å². The van der Waals surface area contributed by atoms with Gasteiger partial charge >= 0.3 is 12.2 Å². The quantitative estimate of drug-likeness (QED) is 0.634. The molecule has 2 aromatic rings. The molecule has 0 saturated heterocycles. The number of hydrogen-bond donors (Lipinski definition) is 3. The van der Waals surface area contributed by atoms with E-state index >= 15 is 0 Å². The summed E-state index contributed by atoms with van der Waals surface area (Å²) >= 11 is 0. The molecular weight excluding hydrogens is 383 g/mol. The molecular formula is C21H24F3N3O2.